The first-order valence-electron chi connectivity index (χ1n) is 13.8. The van der Waals surface area contributed by atoms with E-state index in [1.54, 1.807) is 0 Å². The highest BCUT2D eigenvalue weighted by molar-refractivity contribution is 7.76. The van der Waals surface area contributed by atoms with Crippen molar-refractivity contribution in [3.63, 3.8) is 0 Å². The zero-order valence-corrected chi connectivity index (χ0v) is 24.6. The topological polar surface area (TPSA) is 36.4 Å². The molecule has 0 saturated carbocycles. The molecule has 0 spiro atoms. The zero-order chi connectivity index (χ0) is 27.6. The number of benzene rings is 4. The summed E-state index contributed by atoms with van der Waals surface area (Å²) in [5.41, 5.74) is 5.87. The van der Waals surface area contributed by atoms with Crippen molar-refractivity contribution >= 4 is 35.8 Å². The summed E-state index contributed by atoms with van der Waals surface area (Å²) in [5.74, 6) is 3.45. The van der Waals surface area contributed by atoms with Crippen molar-refractivity contribution in [1.29, 1.82) is 0 Å². The molecule has 4 rings (SSSR count). The average molecular weight is 534 g/mol. The molecule has 0 aromatic heterocycles. The molecule has 0 aliphatic rings. The van der Waals surface area contributed by atoms with Gasteiger partial charge in [-0.3, -0.25) is 4.99 Å². The zero-order valence-electron chi connectivity index (χ0n) is 23.7. The summed E-state index contributed by atoms with van der Waals surface area (Å²) in [6.07, 6.45) is 0.745. The number of nitrogens with zero attached hydrogens (tertiary/aromatic N) is 1. The van der Waals surface area contributed by atoms with Gasteiger partial charge in [-0.15, -0.1) is 0 Å². The second-order valence-corrected chi connectivity index (χ2v) is 12.4. The third-order valence-electron chi connectivity index (χ3n) is 6.26. The van der Waals surface area contributed by atoms with Crippen LogP contribution in [0.15, 0.2) is 120 Å². The molecule has 4 heteroatoms. The molecule has 0 unspecified atom stereocenters. The van der Waals surface area contributed by atoms with E-state index in [1.165, 1.54) is 27.3 Å². The van der Waals surface area contributed by atoms with Crippen LogP contribution >= 0.6 is 7.92 Å². The van der Waals surface area contributed by atoms with E-state index >= 15 is 0 Å². The van der Waals surface area contributed by atoms with Gasteiger partial charge >= 0.3 is 0 Å². The van der Waals surface area contributed by atoms with Gasteiger partial charge in [0.2, 0.25) is 0 Å². The fraction of sp³-hybridized carbons (Fsp3) is 0.229. The van der Waals surface area contributed by atoms with Gasteiger partial charge in [0.1, 0.15) is 5.84 Å². The molecule has 39 heavy (non-hydrogen) atoms. The maximum Gasteiger partial charge on any atom is 0.101 e. The molecule has 0 heterocycles. The Bertz CT molecular complexity index is 1340. The predicted molar refractivity (Wildman–Crippen MR) is 173 cm³/mol. The standard InChI is InChI=1S/C35H40N3P/c1-26(2)36-34(37-27(3)4)24-30-19-15-16-28(5)35(30)38-33(29-17-9-6-10-18-29)25-39(31-20-11-7-12-21-31)32-22-13-8-14-23-32/h6-23,25-27,38H,24H2,1-5H3,(H,36,37)/b33-25-. The summed E-state index contributed by atoms with van der Waals surface area (Å²) in [5, 5.41) is 10.1. The number of aliphatic imine (C=N–C) groups is 1. The summed E-state index contributed by atoms with van der Waals surface area (Å²) in [4.78, 5) is 4.91. The fourth-order valence-corrected chi connectivity index (χ4v) is 6.60. The monoisotopic (exact) mass is 533 g/mol. The fourth-order valence-electron chi connectivity index (χ4n) is 4.55. The highest BCUT2D eigenvalue weighted by atomic mass is 31.1. The molecule has 0 saturated heterocycles. The largest absolute Gasteiger partial charge is 0.371 e. The first-order valence-corrected chi connectivity index (χ1v) is 15.2. The summed E-state index contributed by atoms with van der Waals surface area (Å²) < 4.78 is 0. The first-order chi connectivity index (χ1) is 18.9. The Morgan fingerprint density at radius 1 is 0.744 bits per heavy atom. The van der Waals surface area contributed by atoms with Crippen molar-refractivity contribution in [2.45, 2.75) is 53.1 Å². The van der Waals surface area contributed by atoms with E-state index in [0.717, 1.165) is 23.6 Å². The summed E-state index contributed by atoms with van der Waals surface area (Å²) in [6, 6.07) is 39.4. The number of para-hydroxylation sites is 1. The Labute approximate surface area is 235 Å². The van der Waals surface area contributed by atoms with Crippen LogP contribution in [-0.4, -0.2) is 17.9 Å². The van der Waals surface area contributed by atoms with Crippen molar-refractivity contribution in [1.82, 2.24) is 5.32 Å². The van der Waals surface area contributed by atoms with Crippen LogP contribution in [0.4, 0.5) is 5.69 Å². The van der Waals surface area contributed by atoms with Crippen LogP contribution in [0.25, 0.3) is 5.70 Å². The van der Waals surface area contributed by atoms with Gasteiger partial charge in [-0.05, 0) is 75.7 Å². The van der Waals surface area contributed by atoms with Gasteiger partial charge in [0.05, 0.1) is 0 Å². The molecule has 0 bridgehead atoms. The van der Waals surface area contributed by atoms with Crippen LogP contribution in [-0.2, 0) is 6.42 Å². The van der Waals surface area contributed by atoms with E-state index in [1.807, 2.05) is 0 Å². The van der Waals surface area contributed by atoms with E-state index < -0.39 is 7.92 Å². The number of nitrogens with one attached hydrogen (secondary N) is 2. The van der Waals surface area contributed by atoms with Gasteiger partial charge in [-0.1, -0.05) is 109 Å². The van der Waals surface area contributed by atoms with E-state index in [4.69, 9.17) is 4.99 Å². The normalized spacial score (nSPS) is 12.3. The van der Waals surface area contributed by atoms with Gasteiger partial charge in [0.15, 0.2) is 0 Å². The van der Waals surface area contributed by atoms with E-state index in [9.17, 15) is 0 Å². The molecule has 0 atom stereocenters. The number of amidine groups is 1. The van der Waals surface area contributed by atoms with Gasteiger partial charge < -0.3 is 10.6 Å². The Hall–Kier alpha value is -3.68. The lowest BCUT2D eigenvalue weighted by Gasteiger charge is -2.22. The number of hydrogen-bond donors (Lipinski definition) is 2. The highest BCUT2D eigenvalue weighted by Crippen LogP contribution is 2.39. The van der Waals surface area contributed by atoms with Crippen molar-refractivity contribution in [3.05, 3.63) is 132 Å². The third kappa shape index (κ3) is 8.15. The molecule has 2 N–H and O–H groups in total. The van der Waals surface area contributed by atoms with Crippen molar-refractivity contribution in [2.75, 3.05) is 5.32 Å². The van der Waals surface area contributed by atoms with Crippen LogP contribution in [0.1, 0.15) is 44.4 Å². The molecule has 0 amide bonds. The molecular weight excluding hydrogens is 493 g/mol. The molecule has 0 aliphatic heterocycles. The van der Waals surface area contributed by atoms with Crippen LogP contribution < -0.4 is 21.2 Å². The molecule has 4 aromatic carbocycles. The molecule has 0 radical (unpaired) electrons. The van der Waals surface area contributed by atoms with Crippen molar-refractivity contribution in [2.24, 2.45) is 4.99 Å². The Morgan fingerprint density at radius 3 is 1.85 bits per heavy atom. The lowest BCUT2D eigenvalue weighted by molar-refractivity contribution is 0.709. The van der Waals surface area contributed by atoms with Gasteiger partial charge in [-0.2, -0.15) is 0 Å². The number of aryl methyl sites for hydroxylation is 1. The van der Waals surface area contributed by atoms with Crippen molar-refractivity contribution < 1.29 is 0 Å². The Kier molecular flexibility index (Phi) is 10.1. The van der Waals surface area contributed by atoms with Gasteiger partial charge in [0, 0.05) is 29.9 Å². The average Bonchev–Trinajstić information content (AvgIpc) is 2.93. The summed E-state index contributed by atoms with van der Waals surface area (Å²) in [7, 11) is -0.730. The second kappa shape index (κ2) is 13.9. The maximum atomic E-state index is 4.91. The van der Waals surface area contributed by atoms with E-state index in [2.05, 4.69) is 160 Å². The maximum absolute atomic E-state index is 4.91. The lowest BCUT2D eigenvalue weighted by atomic mass is 10.0. The number of anilines is 1. The van der Waals surface area contributed by atoms with Crippen LogP contribution in [0.2, 0.25) is 0 Å². The minimum atomic E-state index is -0.730. The lowest BCUT2D eigenvalue weighted by Crippen LogP contribution is -2.32. The van der Waals surface area contributed by atoms with E-state index in [0.29, 0.717) is 6.04 Å². The summed E-state index contributed by atoms with van der Waals surface area (Å²) in [6.45, 7) is 10.8. The van der Waals surface area contributed by atoms with Crippen LogP contribution in [0.5, 0.6) is 0 Å². The van der Waals surface area contributed by atoms with Crippen LogP contribution in [0, 0.1) is 6.92 Å². The highest BCUT2D eigenvalue weighted by Gasteiger charge is 2.16. The summed E-state index contributed by atoms with van der Waals surface area (Å²) >= 11 is 0. The predicted octanol–water partition coefficient (Wildman–Crippen LogP) is 7.89. The molecule has 0 fully saturated rings. The molecule has 200 valence electrons. The Morgan fingerprint density at radius 2 is 1.31 bits per heavy atom. The smallest absolute Gasteiger partial charge is 0.101 e. The van der Waals surface area contributed by atoms with Crippen molar-refractivity contribution in [3.8, 4) is 0 Å². The molecule has 4 aromatic rings. The molecule has 0 aliphatic carbocycles. The third-order valence-corrected chi connectivity index (χ3v) is 8.48. The second-order valence-electron chi connectivity index (χ2n) is 10.3. The quantitative estimate of drug-likeness (QED) is 0.124. The van der Waals surface area contributed by atoms with Crippen LogP contribution in [0.3, 0.4) is 0 Å². The van der Waals surface area contributed by atoms with E-state index in [-0.39, 0.29) is 6.04 Å². The molecule has 3 nitrogen and oxygen atoms in total. The van der Waals surface area contributed by atoms with Gasteiger partial charge in [0.25, 0.3) is 0 Å². The number of rotatable bonds is 10. The SMILES string of the molecule is Cc1cccc(CC(=NC(C)C)NC(C)C)c1N/C(=C\P(c1ccccc1)c1ccccc1)c1ccccc1. The first kappa shape index (κ1) is 28.3. The minimum Gasteiger partial charge on any atom is -0.371 e. The minimum absolute atomic E-state index is 0.229. The number of hydrogen-bond acceptors (Lipinski definition) is 2. The Balaban J connectivity index is 1.81. The van der Waals surface area contributed by atoms with Gasteiger partial charge in [-0.25, -0.2) is 0 Å². The molecular formula is C35H40N3P.